The molecule has 0 saturated carbocycles. The van der Waals surface area contributed by atoms with E-state index in [4.69, 9.17) is 0 Å². The van der Waals surface area contributed by atoms with Gasteiger partial charge in [0.25, 0.3) is 5.56 Å². The number of nitrogens with zero attached hydrogens (tertiary/aromatic N) is 3. The van der Waals surface area contributed by atoms with Gasteiger partial charge in [-0.3, -0.25) is 9.89 Å². The van der Waals surface area contributed by atoms with Crippen LogP contribution in [0, 0.1) is 0 Å². The molecule has 0 aliphatic rings. The van der Waals surface area contributed by atoms with E-state index in [1.165, 1.54) is 4.57 Å². The Labute approximate surface area is 86.0 Å². The highest BCUT2D eigenvalue weighted by Gasteiger charge is 2.01. The monoisotopic (exact) mass is 205 g/mol. The third-order valence-electron chi connectivity index (χ3n) is 2.03. The van der Waals surface area contributed by atoms with Crippen molar-refractivity contribution in [2.24, 2.45) is 7.05 Å². The Morgan fingerprint density at radius 1 is 1.60 bits per heavy atom. The van der Waals surface area contributed by atoms with Crippen LogP contribution in [0.15, 0.2) is 29.6 Å². The van der Waals surface area contributed by atoms with Crippen LogP contribution in [0.25, 0.3) is 0 Å². The molecule has 0 amide bonds. The largest absolute Gasteiger partial charge is 0.361 e. The number of hydrogen-bond donors (Lipinski definition) is 2. The fraction of sp³-hybridized carbons (Fsp3) is 0.222. The molecule has 78 valence electrons. The topological polar surface area (TPSA) is 75.6 Å². The van der Waals surface area contributed by atoms with Crippen LogP contribution in [0.2, 0.25) is 0 Å². The Morgan fingerprint density at radius 3 is 3.20 bits per heavy atom. The lowest BCUT2D eigenvalue weighted by Crippen LogP contribution is -2.21. The van der Waals surface area contributed by atoms with E-state index in [-0.39, 0.29) is 5.56 Å². The molecule has 6 heteroatoms. The van der Waals surface area contributed by atoms with Gasteiger partial charge in [-0.15, -0.1) is 0 Å². The molecule has 0 unspecified atom stereocenters. The number of nitrogens with one attached hydrogen (secondary N) is 2. The minimum absolute atomic E-state index is 0.138. The second kappa shape index (κ2) is 3.95. The normalized spacial score (nSPS) is 10.2. The molecule has 2 aromatic heterocycles. The standard InChI is InChI=1S/C9H11N5O/c1-14-3-2-10-8(9(14)15)11-4-7-5-12-13-6-7/h2-3,5-6H,4H2,1H3,(H,10,11)(H,12,13). The molecular formula is C9H11N5O. The van der Waals surface area contributed by atoms with Crippen LogP contribution in [0.4, 0.5) is 5.82 Å². The summed E-state index contributed by atoms with van der Waals surface area (Å²) in [5.74, 6) is 0.348. The van der Waals surface area contributed by atoms with E-state index >= 15 is 0 Å². The lowest BCUT2D eigenvalue weighted by Gasteiger charge is -2.03. The Kier molecular flexibility index (Phi) is 2.49. The Hall–Kier alpha value is -2.11. The first-order valence-corrected chi connectivity index (χ1v) is 4.50. The van der Waals surface area contributed by atoms with Crippen molar-refractivity contribution in [1.29, 1.82) is 0 Å². The van der Waals surface area contributed by atoms with E-state index in [9.17, 15) is 4.79 Å². The first-order valence-electron chi connectivity index (χ1n) is 4.50. The van der Waals surface area contributed by atoms with Crippen molar-refractivity contribution in [3.8, 4) is 0 Å². The summed E-state index contributed by atoms with van der Waals surface area (Å²) in [5.41, 5.74) is 0.837. The van der Waals surface area contributed by atoms with Gasteiger partial charge in [-0.1, -0.05) is 0 Å². The zero-order chi connectivity index (χ0) is 10.7. The van der Waals surface area contributed by atoms with Crippen LogP contribution < -0.4 is 10.9 Å². The predicted molar refractivity (Wildman–Crippen MR) is 55.4 cm³/mol. The van der Waals surface area contributed by atoms with Crippen LogP contribution in [-0.4, -0.2) is 19.7 Å². The maximum atomic E-state index is 11.5. The summed E-state index contributed by atoms with van der Waals surface area (Å²) in [4.78, 5) is 15.5. The van der Waals surface area contributed by atoms with Crippen molar-refractivity contribution in [3.63, 3.8) is 0 Å². The summed E-state index contributed by atoms with van der Waals surface area (Å²) in [6.45, 7) is 0.531. The zero-order valence-electron chi connectivity index (χ0n) is 8.27. The Balaban J connectivity index is 2.12. The van der Waals surface area contributed by atoms with Crippen molar-refractivity contribution >= 4 is 5.82 Å². The van der Waals surface area contributed by atoms with Crippen LogP contribution in [0.1, 0.15) is 5.56 Å². The van der Waals surface area contributed by atoms with Crippen LogP contribution in [0.5, 0.6) is 0 Å². The number of hydrogen-bond acceptors (Lipinski definition) is 4. The SMILES string of the molecule is Cn1ccnc(NCc2cn[nH]c2)c1=O. The molecule has 2 aromatic rings. The molecule has 6 nitrogen and oxygen atoms in total. The number of H-pyrrole nitrogens is 1. The molecule has 2 N–H and O–H groups in total. The summed E-state index contributed by atoms with van der Waals surface area (Å²) in [6.07, 6.45) is 6.66. The van der Waals surface area contributed by atoms with Crippen molar-refractivity contribution in [2.45, 2.75) is 6.54 Å². The lowest BCUT2D eigenvalue weighted by molar-refractivity contribution is 0.839. The molecule has 0 saturated heterocycles. The molecule has 0 aliphatic carbocycles. The highest BCUT2D eigenvalue weighted by molar-refractivity contribution is 5.31. The molecule has 0 fully saturated rings. The molecule has 2 rings (SSSR count). The van der Waals surface area contributed by atoms with Gasteiger partial charge in [0, 0.05) is 37.7 Å². The second-order valence-electron chi connectivity index (χ2n) is 3.15. The molecule has 0 atom stereocenters. The van der Waals surface area contributed by atoms with Crippen LogP contribution in [0.3, 0.4) is 0 Å². The van der Waals surface area contributed by atoms with Gasteiger partial charge in [0.2, 0.25) is 0 Å². The maximum Gasteiger partial charge on any atom is 0.293 e. The lowest BCUT2D eigenvalue weighted by atomic mass is 10.3. The minimum Gasteiger partial charge on any atom is -0.361 e. The Morgan fingerprint density at radius 2 is 2.47 bits per heavy atom. The summed E-state index contributed by atoms with van der Waals surface area (Å²) in [7, 11) is 1.69. The van der Waals surface area contributed by atoms with Crippen LogP contribution >= 0.6 is 0 Å². The molecule has 0 aromatic carbocycles. The zero-order valence-corrected chi connectivity index (χ0v) is 8.27. The third-order valence-corrected chi connectivity index (χ3v) is 2.03. The van der Waals surface area contributed by atoms with E-state index in [0.717, 1.165) is 5.56 Å². The maximum absolute atomic E-state index is 11.5. The number of aryl methyl sites for hydroxylation is 1. The third kappa shape index (κ3) is 2.04. The summed E-state index contributed by atoms with van der Waals surface area (Å²) >= 11 is 0. The van der Waals surface area contributed by atoms with E-state index in [1.54, 1.807) is 31.8 Å². The molecule has 0 bridgehead atoms. The minimum atomic E-state index is -0.138. The average molecular weight is 205 g/mol. The van der Waals surface area contributed by atoms with Crippen molar-refractivity contribution in [2.75, 3.05) is 5.32 Å². The van der Waals surface area contributed by atoms with Gasteiger partial charge in [0.15, 0.2) is 5.82 Å². The van der Waals surface area contributed by atoms with E-state index in [1.807, 2.05) is 0 Å². The molecule has 0 aliphatic heterocycles. The number of rotatable bonds is 3. The average Bonchev–Trinajstić information content (AvgIpc) is 2.73. The highest BCUT2D eigenvalue weighted by Crippen LogP contribution is 1.98. The molecule has 0 radical (unpaired) electrons. The van der Waals surface area contributed by atoms with Gasteiger partial charge in [-0.2, -0.15) is 5.10 Å². The van der Waals surface area contributed by atoms with Crippen molar-refractivity contribution in [1.82, 2.24) is 19.7 Å². The fourth-order valence-electron chi connectivity index (χ4n) is 1.18. The quantitative estimate of drug-likeness (QED) is 0.746. The number of aromatic nitrogens is 4. The van der Waals surface area contributed by atoms with Gasteiger partial charge in [-0.05, 0) is 0 Å². The van der Waals surface area contributed by atoms with E-state index in [0.29, 0.717) is 12.4 Å². The van der Waals surface area contributed by atoms with Gasteiger partial charge in [-0.25, -0.2) is 4.98 Å². The van der Waals surface area contributed by atoms with Gasteiger partial charge in [0.1, 0.15) is 0 Å². The van der Waals surface area contributed by atoms with Crippen molar-refractivity contribution < 1.29 is 0 Å². The van der Waals surface area contributed by atoms with E-state index < -0.39 is 0 Å². The molecule has 2 heterocycles. The summed E-state index contributed by atoms with van der Waals surface area (Å²) in [6, 6.07) is 0. The van der Waals surface area contributed by atoms with Gasteiger partial charge >= 0.3 is 0 Å². The van der Waals surface area contributed by atoms with Gasteiger partial charge < -0.3 is 9.88 Å². The smallest absolute Gasteiger partial charge is 0.293 e. The molecule has 0 spiro atoms. The first-order chi connectivity index (χ1) is 7.27. The number of anilines is 1. The van der Waals surface area contributed by atoms with Crippen molar-refractivity contribution in [3.05, 3.63) is 40.7 Å². The predicted octanol–water partition coefficient (Wildman–Crippen LogP) is 0.115. The van der Waals surface area contributed by atoms with Crippen LogP contribution in [-0.2, 0) is 13.6 Å². The first kappa shape index (κ1) is 9.45. The summed E-state index contributed by atoms with van der Waals surface area (Å²) < 4.78 is 1.48. The Bertz CT molecular complexity index is 487. The molecule has 15 heavy (non-hydrogen) atoms. The van der Waals surface area contributed by atoms with Gasteiger partial charge in [0.05, 0.1) is 6.20 Å². The van der Waals surface area contributed by atoms with E-state index in [2.05, 4.69) is 20.5 Å². The summed E-state index contributed by atoms with van der Waals surface area (Å²) in [5, 5.41) is 9.46. The molecular weight excluding hydrogens is 194 g/mol. The number of aromatic amines is 1. The highest BCUT2D eigenvalue weighted by atomic mass is 16.1. The second-order valence-corrected chi connectivity index (χ2v) is 3.15. The fourth-order valence-corrected chi connectivity index (χ4v) is 1.18.